The molecule has 4 rings (SSSR count). The minimum absolute atomic E-state index is 0.0153. The number of carbonyl (C=O) groups excluding carboxylic acids is 1. The highest BCUT2D eigenvalue weighted by Gasteiger charge is 2.43. The Hall–Kier alpha value is -2.99. The fourth-order valence-corrected chi connectivity index (χ4v) is 4.01. The van der Waals surface area contributed by atoms with Crippen molar-refractivity contribution in [2.24, 2.45) is 0 Å². The highest BCUT2D eigenvalue weighted by atomic mass is 19.1. The van der Waals surface area contributed by atoms with E-state index in [1.165, 1.54) is 6.07 Å². The van der Waals surface area contributed by atoms with Crippen LogP contribution in [0.2, 0.25) is 0 Å². The van der Waals surface area contributed by atoms with Gasteiger partial charge >= 0.3 is 0 Å². The number of carbonyl (C=O) groups is 1. The van der Waals surface area contributed by atoms with Crippen LogP contribution < -0.4 is 5.43 Å². The Bertz CT molecular complexity index is 1120. The molecule has 0 aliphatic carbocycles. The highest BCUT2D eigenvalue weighted by Crippen LogP contribution is 2.38. The summed E-state index contributed by atoms with van der Waals surface area (Å²) in [5.41, 5.74) is 0.608. The number of amides is 1. The summed E-state index contributed by atoms with van der Waals surface area (Å²) in [6.07, 6.45) is 0. The van der Waals surface area contributed by atoms with Gasteiger partial charge in [-0.3, -0.25) is 9.59 Å². The molecule has 1 atom stereocenters. The van der Waals surface area contributed by atoms with Crippen LogP contribution in [0.5, 0.6) is 0 Å². The largest absolute Gasteiger partial charge is 0.450 e. The van der Waals surface area contributed by atoms with Gasteiger partial charge in [-0.15, -0.1) is 0 Å². The van der Waals surface area contributed by atoms with Crippen molar-refractivity contribution in [2.75, 3.05) is 26.2 Å². The number of likely N-dealkylation sites (N-methyl/N-ethyl adjacent to an activating group) is 1. The summed E-state index contributed by atoms with van der Waals surface area (Å²) in [5.74, 6) is -0.802. The Morgan fingerprint density at radius 2 is 1.72 bits per heavy atom. The molecular weight excluding hydrogens is 371 g/mol. The molecule has 1 aromatic heterocycles. The molecule has 0 radical (unpaired) electrons. The number of halogens is 1. The monoisotopic (exact) mass is 394 g/mol. The number of para-hydroxylation sites is 1. The molecule has 2 heterocycles. The van der Waals surface area contributed by atoms with Crippen LogP contribution in [-0.2, 0) is 0 Å². The molecule has 0 saturated heterocycles. The zero-order chi connectivity index (χ0) is 20.5. The first-order valence-electron chi connectivity index (χ1n) is 9.90. The van der Waals surface area contributed by atoms with E-state index in [1.807, 2.05) is 0 Å². The van der Waals surface area contributed by atoms with Crippen molar-refractivity contribution in [3.8, 4) is 0 Å². The topological polar surface area (TPSA) is 53.8 Å². The second-order valence-electron chi connectivity index (χ2n) is 7.12. The number of benzene rings is 2. The lowest BCUT2D eigenvalue weighted by atomic mass is 9.98. The normalized spacial score (nSPS) is 16.1. The summed E-state index contributed by atoms with van der Waals surface area (Å²) in [4.78, 5) is 30.3. The van der Waals surface area contributed by atoms with E-state index in [1.54, 1.807) is 47.4 Å². The summed E-state index contributed by atoms with van der Waals surface area (Å²) < 4.78 is 20.6. The number of nitrogens with zero attached hydrogens (tertiary/aromatic N) is 2. The van der Waals surface area contributed by atoms with Gasteiger partial charge in [0.1, 0.15) is 11.4 Å². The van der Waals surface area contributed by atoms with Gasteiger partial charge in [0.2, 0.25) is 5.76 Å². The van der Waals surface area contributed by atoms with Crippen molar-refractivity contribution in [1.29, 1.82) is 0 Å². The molecule has 0 fully saturated rings. The van der Waals surface area contributed by atoms with Crippen LogP contribution in [0.25, 0.3) is 11.0 Å². The predicted molar refractivity (Wildman–Crippen MR) is 110 cm³/mol. The average molecular weight is 394 g/mol. The van der Waals surface area contributed by atoms with Crippen LogP contribution in [0.4, 0.5) is 4.39 Å². The Kier molecular flexibility index (Phi) is 5.20. The van der Waals surface area contributed by atoms with E-state index in [2.05, 4.69) is 18.7 Å². The lowest BCUT2D eigenvalue weighted by molar-refractivity contribution is 0.0706. The van der Waals surface area contributed by atoms with E-state index in [0.717, 1.165) is 13.1 Å². The molecule has 0 N–H and O–H groups in total. The van der Waals surface area contributed by atoms with E-state index < -0.39 is 11.9 Å². The first-order valence-corrected chi connectivity index (χ1v) is 9.90. The van der Waals surface area contributed by atoms with Crippen LogP contribution in [0.1, 0.15) is 41.6 Å². The van der Waals surface area contributed by atoms with Crippen LogP contribution in [0, 0.1) is 5.82 Å². The van der Waals surface area contributed by atoms with Gasteiger partial charge in [-0.1, -0.05) is 44.2 Å². The molecule has 29 heavy (non-hydrogen) atoms. The molecule has 3 aromatic rings. The summed E-state index contributed by atoms with van der Waals surface area (Å²) in [6, 6.07) is 12.3. The van der Waals surface area contributed by atoms with Crippen molar-refractivity contribution in [3.05, 3.63) is 81.5 Å². The average Bonchev–Trinajstić information content (AvgIpc) is 3.01. The summed E-state index contributed by atoms with van der Waals surface area (Å²) >= 11 is 0. The fraction of sp³-hybridized carbons (Fsp3) is 0.304. The van der Waals surface area contributed by atoms with Crippen LogP contribution in [0.3, 0.4) is 0 Å². The van der Waals surface area contributed by atoms with Gasteiger partial charge in [-0.25, -0.2) is 4.39 Å². The second-order valence-corrected chi connectivity index (χ2v) is 7.12. The Morgan fingerprint density at radius 1 is 1.03 bits per heavy atom. The Labute approximate surface area is 168 Å². The number of rotatable bonds is 6. The molecule has 6 heteroatoms. The molecule has 1 aliphatic rings. The number of hydrogen-bond acceptors (Lipinski definition) is 4. The first-order chi connectivity index (χ1) is 14.1. The first kappa shape index (κ1) is 19.3. The van der Waals surface area contributed by atoms with E-state index in [0.29, 0.717) is 29.6 Å². The highest BCUT2D eigenvalue weighted by molar-refractivity contribution is 5.99. The maximum atomic E-state index is 14.7. The predicted octanol–water partition coefficient (Wildman–Crippen LogP) is 3.82. The van der Waals surface area contributed by atoms with Gasteiger partial charge in [-0.05, 0) is 31.3 Å². The van der Waals surface area contributed by atoms with E-state index in [4.69, 9.17) is 4.42 Å². The standard InChI is InChI=1S/C23H23FN2O3/c1-3-25(4-2)13-14-26-20(15-9-5-7-11-17(15)24)19-21(27)16-10-6-8-12-18(16)29-22(19)23(26)28/h5-12,20H,3-4,13-14H2,1-2H3/t20-/m1/s1. The zero-order valence-electron chi connectivity index (χ0n) is 16.5. The molecule has 5 nitrogen and oxygen atoms in total. The lowest BCUT2D eigenvalue weighted by Crippen LogP contribution is -2.38. The maximum Gasteiger partial charge on any atom is 0.290 e. The molecule has 0 spiro atoms. The lowest BCUT2D eigenvalue weighted by Gasteiger charge is -2.28. The quantitative estimate of drug-likeness (QED) is 0.638. The van der Waals surface area contributed by atoms with Crippen molar-refractivity contribution < 1.29 is 13.6 Å². The fourth-order valence-electron chi connectivity index (χ4n) is 4.01. The Morgan fingerprint density at radius 3 is 2.45 bits per heavy atom. The number of fused-ring (bicyclic) bond motifs is 2. The molecule has 1 amide bonds. The SMILES string of the molecule is CCN(CC)CCN1C(=O)c2oc3ccccc3c(=O)c2[C@H]1c1ccccc1F. The Balaban J connectivity index is 1.88. The third kappa shape index (κ3) is 3.23. The van der Waals surface area contributed by atoms with Crippen molar-refractivity contribution in [3.63, 3.8) is 0 Å². The third-order valence-electron chi connectivity index (χ3n) is 5.62. The van der Waals surface area contributed by atoms with Gasteiger partial charge in [-0.2, -0.15) is 0 Å². The minimum Gasteiger partial charge on any atom is -0.450 e. The number of hydrogen-bond donors (Lipinski definition) is 0. The third-order valence-corrected chi connectivity index (χ3v) is 5.62. The minimum atomic E-state index is -0.796. The molecule has 0 saturated carbocycles. The van der Waals surface area contributed by atoms with Gasteiger partial charge in [0.25, 0.3) is 5.91 Å². The molecule has 0 unspecified atom stereocenters. The van der Waals surface area contributed by atoms with Gasteiger partial charge in [0, 0.05) is 18.7 Å². The summed E-state index contributed by atoms with van der Waals surface area (Å²) in [6.45, 7) is 6.80. The van der Waals surface area contributed by atoms with Gasteiger partial charge < -0.3 is 14.2 Å². The van der Waals surface area contributed by atoms with E-state index in [-0.39, 0.29) is 22.7 Å². The zero-order valence-corrected chi connectivity index (χ0v) is 16.5. The molecular formula is C23H23FN2O3. The van der Waals surface area contributed by atoms with Crippen LogP contribution in [0.15, 0.2) is 57.7 Å². The maximum absolute atomic E-state index is 14.7. The van der Waals surface area contributed by atoms with E-state index >= 15 is 0 Å². The van der Waals surface area contributed by atoms with Crippen LogP contribution in [-0.4, -0.2) is 41.9 Å². The molecule has 0 bridgehead atoms. The van der Waals surface area contributed by atoms with Crippen molar-refractivity contribution in [2.45, 2.75) is 19.9 Å². The van der Waals surface area contributed by atoms with Gasteiger partial charge in [0.15, 0.2) is 5.43 Å². The summed E-state index contributed by atoms with van der Waals surface area (Å²) in [7, 11) is 0. The molecule has 150 valence electrons. The molecule has 2 aromatic carbocycles. The van der Waals surface area contributed by atoms with Gasteiger partial charge in [0.05, 0.1) is 17.0 Å². The van der Waals surface area contributed by atoms with Crippen LogP contribution >= 0.6 is 0 Å². The smallest absolute Gasteiger partial charge is 0.290 e. The van der Waals surface area contributed by atoms with Crippen molar-refractivity contribution >= 4 is 16.9 Å². The van der Waals surface area contributed by atoms with E-state index in [9.17, 15) is 14.0 Å². The summed E-state index contributed by atoms with van der Waals surface area (Å²) in [5, 5.41) is 0.394. The van der Waals surface area contributed by atoms with Crippen molar-refractivity contribution in [1.82, 2.24) is 9.80 Å². The second kappa shape index (κ2) is 7.79. The molecule has 1 aliphatic heterocycles.